The van der Waals surface area contributed by atoms with E-state index >= 15 is 0 Å². The Morgan fingerprint density at radius 2 is 1.36 bits per heavy atom. The summed E-state index contributed by atoms with van der Waals surface area (Å²) in [5, 5.41) is 8.86. The summed E-state index contributed by atoms with van der Waals surface area (Å²) in [6.45, 7) is 24.0. The van der Waals surface area contributed by atoms with E-state index in [2.05, 4.69) is 43.6 Å². The molecule has 0 bridgehead atoms. The third-order valence-corrected chi connectivity index (χ3v) is 5.58. The highest BCUT2D eigenvalue weighted by Crippen LogP contribution is 2.36. The summed E-state index contributed by atoms with van der Waals surface area (Å²) in [6, 6.07) is 0. The molecule has 3 N–H and O–H groups in total. The van der Waals surface area contributed by atoms with E-state index in [1.807, 2.05) is 48.5 Å². The van der Waals surface area contributed by atoms with Crippen LogP contribution < -0.4 is 16.0 Å². The van der Waals surface area contributed by atoms with Crippen LogP contribution in [0.25, 0.3) is 0 Å². The lowest BCUT2D eigenvalue weighted by molar-refractivity contribution is -0.131. The van der Waals surface area contributed by atoms with Crippen LogP contribution in [-0.2, 0) is 23.9 Å². The maximum absolute atomic E-state index is 12.5. The monoisotopic (exact) mass is 513 g/mol. The first-order valence-corrected chi connectivity index (χ1v) is 13.3. The molecular weight excluding hydrogens is 458 g/mol. The third-order valence-electron chi connectivity index (χ3n) is 5.58. The van der Waals surface area contributed by atoms with Gasteiger partial charge in [0, 0.05) is 31.5 Å². The van der Waals surface area contributed by atoms with Gasteiger partial charge in [-0.15, -0.1) is 0 Å². The van der Waals surface area contributed by atoms with Crippen molar-refractivity contribution in [3.8, 4) is 0 Å². The van der Waals surface area contributed by atoms with Crippen molar-refractivity contribution in [1.29, 1.82) is 0 Å². The summed E-state index contributed by atoms with van der Waals surface area (Å²) in [7, 11) is 0. The molecule has 8 nitrogen and oxygen atoms in total. The molecule has 1 atom stereocenters. The lowest BCUT2D eigenvalue weighted by atomic mass is 9.73. The van der Waals surface area contributed by atoms with Gasteiger partial charge >= 0.3 is 0 Å². The Balaban J connectivity index is 4.11. The van der Waals surface area contributed by atoms with Gasteiger partial charge in [0.25, 0.3) is 0 Å². The van der Waals surface area contributed by atoms with Crippen LogP contribution in [0.3, 0.4) is 0 Å². The molecule has 0 aromatic carbocycles. The molecule has 0 rings (SSSR count). The molecule has 0 saturated heterocycles. The Kier molecular flexibility index (Phi) is 14.2. The Morgan fingerprint density at radius 3 is 1.92 bits per heavy atom. The molecule has 0 heterocycles. The molecule has 1 unspecified atom stereocenters. The van der Waals surface area contributed by atoms with Crippen molar-refractivity contribution in [3.05, 3.63) is 0 Å². The minimum atomic E-state index is -0.411. The van der Waals surface area contributed by atoms with E-state index in [4.69, 9.17) is 9.47 Å². The van der Waals surface area contributed by atoms with E-state index in [-0.39, 0.29) is 46.9 Å². The Bertz CT molecular complexity index is 690. The summed E-state index contributed by atoms with van der Waals surface area (Å²) in [6.07, 6.45) is 2.95. The van der Waals surface area contributed by atoms with E-state index < -0.39 is 5.41 Å². The standard InChI is InChI=1S/C28H55N3O5/c1-21(35-16-15-30-23(33)18-36-26(5,6)7)13-12-14-29-22(32)17-27(8,9)19-28(10,11)20-31-24(34)25(2,3)4/h21H,12-20H2,1-11H3,(H,29,32)(H,30,33)(H,31,34). The number of nitrogens with one attached hydrogen (secondary N) is 3. The number of carbonyl (C=O) groups is 3. The molecular formula is C28H55N3O5. The van der Waals surface area contributed by atoms with Crippen molar-refractivity contribution in [2.24, 2.45) is 16.2 Å². The van der Waals surface area contributed by atoms with Gasteiger partial charge in [0.05, 0.1) is 18.3 Å². The molecule has 212 valence electrons. The van der Waals surface area contributed by atoms with Gasteiger partial charge in [-0.1, -0.05) is 48.5 Å². The predicted octanol–water partition coefficient (Wildman–Crippen LogP) is 4.21. The fraction of sp³-hybridized carbons (Fsp3) is 0.893. The fourth-order valence-electron chi connectivity index (χ4n) is 3.99. The zero-order valence-corrected chi connectivity index (χ0v) is 25.0. The van der Waals surface area contributed by atoms with Crippen LogP contribution in [0.15, 0.2) is 0 Å². The van der Waals surface area contributed by atoms with Crippen molar-refractivity contribution >= 4 is 17.7 Å². The third kappa shape index (κ3) is 18.6. The second kappa shape index (κ2) is 14.9. The van der Waals surface area contributed by atoms with Crippen LogP contribution in [0, 0.1) is 16.2 Å². The first kappa shape index (κ1) is 34.3. The molecule has 0 aliphatic carbocycles. The normalized spacial score (nSPS) is 13.8. The van der Waals surface area contributed by atoms with E-state index in [0.29, 0.717) is 32.7 Å². The molecule has 3 amide bonds. The maximum Gasteiger partial charge on any atom is 0.246 e. The van der Waals surface area contributed by atoms with E-state index in [9.17, 15) is 14.4 Å². The molecule has 0 aromatic heterocycles. The molecule has 0 saturated carbocycles. The lowest BCUT2D eigenvalue weighted by Gasteiger charge is -2.35. The summed E-state index contributed by atoms with van der Waals surface area (Å²) in [5.74, 6) is -0.0621. The van der Waals surface area contributed by atoms with Gasteiger partial charge < -0.3 is 25.4 Å². The zero-order chi connectivity index (χ0) is 28.2. The number of hydrogen-bond donors (Lipinski definition) is 3. The first-order valence-electron chi connectivity index (χ1n) is 13.3. The van der Waals surface area contributed by atoms with E-state index in [1.165, 1.54) is 0 Å². The molecule has 0 spiro atoms. The SMILES string of the molecule is CC(CCCNC(=O)CC(C)(C)CC(C)(C)CNC(=O)C(C)(C)C)OCCNC(=O)COC(C)(C)C. The van der Waals surface area contributed by atoms with Gasteiger partial charge in [-0.25, -0.2) is 0 Å². The summed E-state index contributed by atoms with van der Waals surface area (Å²) >= 11 is 0. The number of carbonyl (C=O) groups excluding carboxylic acids is 3. The van der Waals surface area contributed by atoms with Crippen LogP contribution in [0.5, 0.6) is 0 Å². The van der Waals surface area contributed by atoms with Crippen molar-refractivity contribution < 1.29 is 23.9 Å². The highest BCUT2D eigenvalue weighted by molar-refractivity contribution is 5.81. The highest BCUT2D eigenvalue weighted by Gasteiger charge is 2.32. The molecule has 0 aliphatic heterocycles. The quantitative estimate of drug-likeness (QED) is 0.268. The van der Waals surface area contributed by atoms with Crippen molar-refractivity contribution in [2.45, 2.75) is 114 Å². The Morgan fingerprint density at radius 1 is 0.778 bits per heavy atom. The second-order valence-corrected chi connectivity index (χ2v) is 13.5. The minimum Gasteiger partial charge on any atom is -0.377 e. The van der Waals surface area contributed by atoms with Crippen molar-refractivity contribution in [1.82, 2.24) is 16.0 Å². The predicted molar refractivity (Wildman–Crippen MR) is 146 cm³/mol. The Hall–Kier alpha value is -1.67. The topological polar surface area (TPSA) is 106 Å². The Labute approximate surface area is 220 Å². The largest absolute Gasteiger partial charge is 0.377 e. The van der Waals surface area contributed by atoms with E-state index in [0.717, 1.165) is 19.3 Å². The number of hydrogen-bond acceptors (Lipinski definition) is 5. The molecule has 0 radical (unpaired) electrons. The zero-order valence-electron chi connectivity index (χ0n) is 25.0. The van der Waals surface area contributed by atoms with Crippen molar-refractivity contribution in [2.75, 3.05) is 32.8 Å². The summed E-state index contributed by atoms with van der Waals surface area (Å²) < 4.78 is 11.2. The molecule has 0 aliphatic rings. The molecule has 0 aromatic rings. The van der Waals surface area contributed by atoms with Gasteiger partial charge in [-0.2, -0.15) is 0 Å². The fourth-order valence-corrected chi connectivity index (χ4v) is 3.99. The first-order chi connectivity index (χ1) is 16.2. The van der Waals surface area contributed by atoms with Gasteiger partial charge in [0.2, 0.25) is 17.7 Å². The number of ether oxygens (including phenoxy) is 2. The smallest absolute Gasteiger partial charge is 0.246 e. The minimum absolute atomic E-state index is 0.0415. The van der Waals surface area contributed by atoms with Gasteiger partial charge in [-0.05, 0) is 57.8 Å². The molecule has 8 heteroatoms. The van der Waals surface area contributed by atoms with Gasteiger partial charge in [0.1, 0.15) is 6.61 Å². The van der Waals surface area contributed by atoms with Crippen LogP contribution >= 0.6 is 0 Å². The van der Waals surface area contributed by atoms with Crippen LogP contribution in [-0.4, -0.2) is 62.3 Å². The average Bonchev–Trinajstić information content (AvgIpc) is 2.68. The van der Waals surface area contributed by atoms with Gasteiger partial charge in [-0.3, -0.25) is 14.4 Å². The van der Waals surface area contributed by atoms with Gasteiger partial charge in [0.15, 0.2) is 0 Å². The summed E-state index contributed by atoms with van der Waals surface area (Å²) in [5.41, 5.74) is -1.05. The van der Waals surface area contributed by atoms with Crippen molar-refractivity contribution in [3.63, 3.8) is 0 Å². The highest BCUT2D eigenvalue weighted by atomic mass is 16.5. The lowest BCUT2D eigenvalue weighted by Crippen LogP contribution is -2.42. The van der Waals surface area contributed by atoms with E-state index in [1.54, 1.807) is 0 Å². The average molecular weight is 514 g/mol. The maximum atomic E-state index is 12.5. The second-order valence-electron chi connectivity index (χ2n) is 13.5. The molecule has 36 heavy (non-hydrogen) atoms. The summed E-state index contributed by atoms with van der Waals surface area (Å²) in [4.78, 5) is 36.4. The number of rotatable bonds is 16. The number of amides is 3. The molecule has 0 fully saturated rings. The van der Waals surface area contributed by atoms with Crippen LogP contribution in [0.1, 0.15) is 102 Å². The van der Waals surface area contributed by atoms with Crippen LogP contribution in [0.2, 0.25) is 0 Å². The van der Waals surface area contributed by atoms with Crippen LogP contribution in [0.4, 0.5) is 0 Å².